The largest absolute Gasteiger partial charge is 0.340 e. The maximum Gasteiger partial charge on any atom is 0.222 e. The molecule has 0 saturated carbocycles. The Morgan fingerprint density at radius 2 is 1.64 bits per heavy atom. The molecule has 0 radical (unpaired) electrons. The lowest BCUT2D eigenvalue weighted by Gasteiger charge is -2.29. The molecule has 4 nitrogen and oxygen atoms in total. The summed E-state index contributed by atoms with van der Waals surface area (Å²) in [6.07, 6.45) is 6.12. The minimum absolute atomic E-state index is 0.159. The van der Waals surface area contributed by atoms with Crippen molar-refractivity contribution in [3.8, 4) is 0 Å². The fraction of sp³-hybridized carbons (Fsp3) is 0.417. The van der Waals surface area contributed by atoms with E-state index in [1.165, 1.54) is 11.1 Å². The molecule has 2 aromatic rings. The molecule has 1 aliphatic heterocycles. The third-order valence-electron chi connectivity index (χ3n) is 5.55. The topological polar surface area (TPSA) is 40.6 Å². The van der Waals surface area contributed by atoms with E-state index in [9.17, 15) is 9.59 Å². The van der Waals surface area contributed by atoms with Gasteiger partial charge in [0.15, 0.2) is 0 Å². The van der Waals surface area contributed by atoms with Gasteiger partial charge >= 0.3 is 0 Å². The van der Waals surface area contributed by atoms with E-state index in [2.05, 4.69) is 24.3 Å². The SMILES string of the molecule is O=CN1CCCC1CN(CCc1ccccc1)C(=O)CCCc1ccccc1. The molecule has 1 unspecified atom stereocenters. The average molecular weight is 379 g/mol. The summed E-state index contributed by atoms with van der Waals surface area (Å²) in [6, 6.07) is 20.8. The minimum atomic E-state index is 0.159. The van der Waals surface area contributed by atoms with Crippen molar-refractivity contribution in [2.45, 2.75) is 44.6 Å². The van der Waals surface area contributed by atoms with Crippen molar-refractivity contribution in [3.63, 3.8) is 0 Å². The standard InChI is InChI=1S/C24H30N2O2/c27-20-26-17-8-14-23(26)19-25(18-16-22-11-5-2-6-12-22)24(28)15-7-13-21-9-3-1-4-10-21/h1-6,9-12,20,23H,7-8,13-19H2. The van der Waals surface area contributed by atoms with Crippen LogP contribution in [0, 0.1) is 0 Å². The third-order valence-corrected chi connectivity index (χ3v) is 5.55. The lowest BCUT2D eigenvalue weighted by atomic mass is 10.1. The molecular weight excluding hydrogens is 348 g/mol. The Bertz CT molecular complexity index is 733. The van der Waals surface area contributed by atoms with Gasteiger partial charge in [-0.3, -0.25) is 9.59 Å². The van der Waals surface area contributed by atoms with Crippen LogP contribution in [0.1, 0.15) is 36.8 Å². The molecule has 1 heterocycles. The van der Waals surface area contributed by atoms with Crippen molar-refractivity contribution in [1.29, 1.82) is 0 Å². The number of amides is 2. The first-order valence-corrected chi connectivity index (χ1v) is 10.3. The molecule has 0 aromatic heterocycles. The molecule has 0 spiro atoms. The molecular formula is C24H30N2O2. The zero-order chi connectivity index (χ0) is 19.6. The zero-order valence-corrected chi connectivity index (χ0v) is 16.5. The second-order valence-corrected chi connectivity index (χ2v) is 7.55. The Labute approximate surface area is 168 Å². The first-order valence-electron chi connectivity index (χ1n) is 10.3. The first-order chi connectivity index (χ1) is 13.8. The van der Waals surface area contributed by atoms with Crippen molar-refractivity contribution in [2.24, 2.45) is 0 Å². The van der Waals surface area contributed by atoms with Crippen LogP contribution in [0.25, 0.3) is 0 Å². The maximum absolute atomic E-state index is 13.0. The van der Waals surface area contributed by atoms with Crippen molar-refractivity contribution in [1.82, 2.24) is 9.80 Å². The first kappa shape index (κ1) is 20.1. The highest BCUT2D eigenvalue weighted by molar-refractivity contribution is 5.76. The van der Waals surface area contributed by atoms with Gasteiger partial charge in [0.05, 0.1) is 0 Å². The van der Waals surface area contributed by atoms with E-state index in [-0.39, 0.29) is 11.9 Å². The molecule has 3 rings (SSSR count). The summed E-state index contributed by atoms with van der Waals surface area (Å²) in [5.74, 6) is 0.199. The summed E-state index contributed by atoms with van der Waals surface area (Å²) in [7, 11) is 0. The van der Waals surface area contributed by atoms with E-state index in [4.69, 9.17) is 0 Å². The summed E-state index contributed by atoms with van der Waals surface area (Å²) < 4.78 is 0. The number of carbonyl (C=O) groups is 2. The van der Waals surface area contributed by atoms with Gasteiger partial charge in [0.1, 0.15) is 0 Å². The summed E-state index contributed by atoms with van der Waals surface area (Å²) in [5.41, 5.74) is 2.51. The van der Waals surface area contributed by atoms with Crippen molar-refractivity contribution in [3.05, 3.63) is 71.8 Å². The molecule has 1 saturated heterocycles. The minimum Gasteiger partial charge on any atom is -0.340 e. The molecule has 1 aliphatic rings. The summed E-state index contributed by atoms with van der Waals surface area (Å²) in [6.45, 7) is 2.16. The van der Waals surface area contributed by atoms with Gasteiger partial charge in [-0.1, -0.05) is 60.7 Å². The monoisotopic (exact) mass is 378 g/mol. The molecule has 4 heteroatoms. The van der Waals surface area contributed by atoms with Crippen LogP contribution in [0.4, 0.5) is 0 Å². The number of nitrogens with zero attached hydrogens (tertiary/aromatic N) is 2. The second kappa shape index (κ2) is 10.6. The summed E-state index contributed by atoms with van der Waals surface area (Å²) >= 11 is 0. The number of aryl methyl sites for hydroxylation is 1. The highest BCUT2D eigenvalue weighted by atomic mass is 16.2. The van der Waals surface area contributed by atoms with Crippen LogP contribution in [0.2, 0.25) is 0 Å². The molecule has 28 heavy (non-hydrogen) atoms. The van der Waals surface area contributed by atoms with E-state index in [0.717, 1.165) is 45.1 Å². The molecule has 0 bridgehead atoms. The summed E-state index contributed by atoms with van der Waals surface area (Å²) in [5, 5.41) is 0. The number of rotatable bonds is 10. The Balaban J connectivity index is 1.57. The molecule has 148 valence electrons. The highest BCUT2D eigenvalue weighted by Crippen LogP contribution is 2.18. The Morgan fingerprint density at radius 3 is 2.29 bits per heavy atom. The van der Waals surface area contributed by atoms with Gasteiger partial charge < -0.3 is 9.80 Å². The fourth-order valence-electron chi connectivity index (χ4n) is 3.92. The predicted molar refractivity (Wildman–Crippen MR) is 112 cm³/mol. The highest BCUT2D eigenvalue weighted by Gasteiger charge is 2.26. The second-order valence-electron chi connectivity index (χ2n) is 7.55. The van der Waals surface area contributed by atoms with E-state index < -0.39 is 0 Å². The molecule has 1 atom stereocenters. The number of hydrogen-bond acceptors (Lipinski definition) is 2. The van der Waals surface area contributed by atoms with Crippen LogP contribution in [0.15, 0.2) is 60.7 Å². The van der Waals surface area contributed by atoms with Crippen molar-refractivity contribution >= 4 is 12.3 Å². The van der Waals surface area contributed by atoms with Gasteiger partial charge in [-0.2, -0.15) is 0 Å². The Morgan fingerprint density at radius 1 is 1.00 bits per heavy atom. The lowest BCUT2D eigenvalue weighted by molar-refractivity contribution is -0.133. The van der Waals surface area contributed by atoms with E-state index in [0.29, 0.717) is 19.5 Å². The molecule has 1 fully saturated rings. The predicted octanol–water partition coefficient (Wildman–Crippen LogP) is 3.70. The van der Waals surface area contributed by atoms with Gasteiger partial charge in [-0.25, -0.2) is 0 Å². The zero-order valence-electron chi connectivity index (χ0n) is 16.5. The normalized spacial score (nSPS) is 16.1. The fourth-order valence-corrected chi connectivity index (χ4v) is 3.92. The van der Waals surface area contributed by atoms with Crippen LogP contribution in [0.3, 0.4) is 0 Å². The maximum atomic E-state index is 13.0. The van der Waals surface area contributed by atoms with Gasteiger partial charge in [-0.05, 0) is 43.2 Å². The van der Waals surface area contributed by atoms with Gasteiger partial charge in [0.25, 0.3) is 0 Å². The number of carbonyl (C=O) groups excluding carboxylic acids is 2. The average Bonchev–Trinajstić information content (AvgIpc) is 3.19. The van der Waals surface area contributed by atoms with Crippen LogP contribution < -0.4 is 0 Å². The van der Waals surface area contributed by atoms with Gasteiger partial charge in [0, 0.05) is 32.1 Å². The van der Waals surface area contributed by atoms with E-state index in [1.807, 2.05) is 46.2 Å². The number of hydrogen-bond donors (Lipinski definition) is 0. The Hall–Kier alpha value is -2.62. The van der Waals surface area contributed by atoms with Gasteiger partial charge in [-0.15, -0.1) is 0 Å². The van der Waals surface area contributed by atoms with Crippen LogP contribution in [-0.4, -0.2) is 47.8 Å². The van der Waals surface area contributed by atoms with Crippen molar-refractivity contribution < 1.29 is 9.59 Å². The number of benzene rings is 2. The van der Waals surface area contributed by atoms with Crippen LogP contribution >= 0.6 is 0 Å². The smallest absolute Gasteiger partial charge is 0.222 e. The third kappa shape index (κ3) is 5.95. The van der Waals surface area contributed by atoms with E-state index >= 15 is 0 Å². The Kier molecular flexibility index (Phi) is 7.65. The molecule has 2 amide bonds. The van der Waals surface area contributed by atoms with Crippen molar-refractivity contribution in [2.75, 3.05) is 19.6 Å². The summed E-state index contributed by atoms with van der Waals surface area (Å²) in [4.78, 5) is 28.1. The molecule has 0 aliphatic carbocycles. The molecule has 2 aromatic carbocycles. The number of likely N-dealkylation sites (tertiary alicyclic amines) is 1. The van der Waals surface area contributed by atoms with Crippen LogP contribution in [0.5, 0.6) is 0 Å². The van der Waals surface area contributed by atoms with Gasteiger partial charge in [0.2, 0.25) is 12.3 Å². The van der Waals surface area contributed by atoms with E-state index in [1.54, 1.807) is 0 Å². The quantitative estimate of drug-likeness (QED) is 0.592. The lowest BCUT2D eigenvalue weighted by Crippen LogP contribution is -2.43. The molecule has 0 N–H and O–H groups in total. The van der Waals surface area contributed by atoms with Crippen LogP contribution in [-0.2, 0) is 22.4 Å².